The van der Waals surface area contributed by atoms with E-state index in [9.17, 15) is 0 Å². The number of nitrogens with zero attached hydrogens (tertiary/aromatic N) is 3. The summed E-state index contributed by atoms with van der Waals surface area (Å²) in [5.41, 5.74) is 2.55. The van der Waals surface area contributed by atoms with Gasteiger partial charge in [-0.2, -0.15) is 0 Å². The number of pyridine rings is 1. The number of methoxy groups -OCH3 is 1. The van der Waals surface area contributed by atoms with E-state index in [0.717, 1.165) is 16.8 Å². The van der Waals surface area contributed by atoms with Gasteiger partial charge < -0.3 is 4.74 Å². The number of hydrogen-bond donors (Lipinski definition) is 0. The lowest BCUT2D eigenvalue weighted by atomic mass is 10.1. The molecule has 16 heavy (non-hydrogen) atoms. The maximum absolute atomic E-state index is 5.94. The Kier molecular flexibility index (Phi) is 3.01. The molecule has 0 spiro atoms. The Morgan fingerprint density at radius 3 is 2.81 bits per heavy atom. The molecule has 0 amide bonds. The summed E-state index contributed by atoms with van der Waals surface area (Å²) in [5, 5.41) is 0.459. The Hall–Kier alpha value is -1.68. The van der Waals surface area contributed by atoms with Crippen molar-refractivity contribution in [3.8, 4) is 17.1 Å². The lowest BCUT2D eigenvalue weighted by Gasteiger charge is -2.06. The van der Waals surface area contributed by atoms with Crippen LogP contribution in [0, 0.1) is 6.92 Å². The Morgan fingerprint density at radius 1 is 1.25 bits per heavy atom. The predicted molar refractivity (Wildman–Crippen MR) is 61.6 cm³/mol. The lowest BCUT2D eigenvalue weighted by Crippen LogP contribution is -1.93. The molecule has 0 aliphatic rings. The second-order valence-electron chi connectivity index (χ2n) is 3.22. The van der Waals surface area contributed by atoms with E-state index < -0.39 is 0 Å². The van der Waals surface area contributed by atoms with Crippen molar-refractivity contribution in [1.29, 1.82) is 0 Å². The van der Waals surface area contributed by atoms with Gasteiger partial charge >= 0.3 is 0 Å². The molecule has 2 aromatic heterocycles. The van der Waals surface area contributed by atoms with E-state index >= 15 is 0 Å². The zero-order valence-corrected chi connectivity index (χ0v) is 9.69. The van der Waals surface area contributed by atoms with Crippen molar-refractivity contribution in [3.05, 3.63) is 35.4 Å². The molecule has 2 rings (SSSR count). The fourth-order valence-electron chi connectivity index (χ4n) is 1.39. The highest BCUT2D eigenvalue weighted by Gasteiger charge is 2.08. The van der Waals surface area contributed by atoms with E-state index in [1.807, 2.05) is 19.1 Å². The first-order chi connectivity index (χ1) is 7.72. The van der Waals surface area contributed by atoms with Crippen molar-refractivity contribution in [3.63, 3.8) is 0 Å². The fraction of sp³-hybridized carbons (Fsp3) is 0.182. The van der Waals surface area contributed by atoms with Crippen LogP contribution in [0.15, 0.2) is 24.7 Å². The van der Waals surface area contributed by atoms with Gasteiger partial charge in [0.15, 0.2) is 0 Å². The van der Waals surface area contributed by atoms with Gasteiger partial charge in [-0.15, -0.1) is 0 Å². The molecule has 0 bridgehead atoms. The molecule has 0 atom stereocenters. The molecule has 2 heterocycles. The van der Waals surface area contributed by atoms with E-state index in [-0.39, 0.29) is 0 Å². The van der Waals surface area contributed by atoms with Crippen LogP contribution in [0.2, 0.25) is 5.15 Å². The van der Waals surface area contributed by atoms with Crippen LogP contribution in [0.25, 0.3) is 11.3 Å². The Bertz CT molecular complexity index is 516. The summed E-state index contributed by atoms with van der Waals surface area (Å²) in [5.74, 6) is 0.548. The first kappa shape index (κ1) is 10.8. The molecule has 0 radical (unpaired) electrons. The zero-order chi connectivity index (χ0) is 11.5. The van der Waals surface area contributed by atoms with Gasteiger partial charge in [-0.05, 0) is 13.0 Å². The first-order valence-electron chi connectivity index (χ1n) is 4.70. The standard InChI is InChI=1S/C11H10ClN3O/c1-7-10(14-6-15-11(7)12)8-3-4-13-9(5-8)16-2/h3-6H,1-2H3. The Morgan fingerprint density at radius 2 is 2.06 bits per heavy atom. The summed E-state index contributed by atoms with van der Waals surface area (Å²) in [6, 6.07) is 3.67. The van der Waals surface area contributed by atoms with Crippen molar-refractivity contribution in [1.82, 2.24) is 15.0 Å². The first-order valence-corrected chi connectivity index (χ1v) is 5.07. The van der Waals surface area contributed by atoms with Gasteiger partial charge in [-0.3, -0.25) is 0 Å². The molecule has 0 unspecified atom stereocenters. The number of rotatable bonds is 2. The average Bonchev–Trinajstić information content (AvgIpc) is 2.33. The number of hydrogen-bond acceptors (Lipinski definition) is 4. The van der Waals surface area contributed by atoms with Gasteiger partial charge in [0.2, 0.25) is 5.88 Å². The van der Waals surface area contributed by atoms with Crippen LogP contribution in [0.5, 0.6) is 5.88 Å². The topological polar surface area (TPSA) is 47.9 Å². The molecule has 0 aliphatic heterocycles. The number of halogens is 1. The monoisotopic (exact) mass is 235 g/mol. The maximum Gasteiger partial charge on any atom is 0.213 e. The molecule has 5 heteroatoms. The van der Waals surface area contributed by atoms with Crippen LogP contribution in [-0.4, -0.2) is 22.1 Å². The summed E-state index contributed by atoms with van der Waals surface area (Å²) >= 11 is 5.94. The minimum Gasteiger partial charge on any atom is -0.481 e. The minimum atomic E-state index is 0.459. The summed E-state index contributed by atoms with van der Waals surface area (Å²) in [6.07, 6.45) is 3.11. The smallest absolute Gasteiger partial charge is 0.213 e. The highest BCUT2D eigenvalue weighted by molar-refractivity contribution is 6.30. The highest BCUT2D eigenvalue weighted by Crippen LogP contribution is 2.25. The van der Waals surface area contributed by atoms with E-state index in [4.69, 9.17) is 16.3 Å². The predicted octanol–water partition coefficient (Wildman–Crippen LogP) is 2.51. The zero-order valence-electron chi connectivity index (χ0n) is 8.94. The summed E-state index contributed by atoms with van der Waals surface area (Å²) in [7, 11) is 1.58. The van der Waals surface area contributed by atoms with Crippen molar-refractivity contribution in [2.24, 2.45) is 0 Å². The largest absolute Gasteiger partial charge is 0.481 e. The van der Waals surface area contributed by atoms with Crippen LogP contribution in [0.4, 0.5) is 0 Å². The molecular formula is C11H10ClN3O. The maximum atomic E-state index is 5.94. The normalized spacial score (nSPS) is 10.2. The lowest BCUT2D eigenvalue weighted by molar-refractivity contribution is 0.398. The molecule has 0 aliphatic carbocycles. The Labute approximate surface area is 98.3 Å². The molecule has 2 aromatic rings. The van der Waals surface area contributed by atoms with Gasteiger partial charge in [-0.1, -0.05) is 11.6 Å². The van der Waals surface area contributed by atoms with Crippen LogP contribution in [-0.2, 0) is 0 Å². The third kappa shape index (κ3) is 1.97. The third-order valence-electron chi connectivity index (χ3n) is 2.24. The van der Waals surface area contributed by atoms with Crippen molar-refractivity contribution >= 4 is 11.6 Å². The van der Waals surface area contributed by atoms with E-state index in [1.54, 1.807) is 13.3 Å². The van der Waals surface area contributed by atoms with Gasteiger partial charge in [0.25, 0.3) is 0 Å². The van der Waals surface area contributed by atoms with Gasteiger partial charge in [0, 0.05) is 23.4 Å². The van der Waals surface area contributed by atoms with E-state index in [2.05, 4.69) is 15.0 Å². The molecule has 0 aromatic carbocycles. The summed E-state index contributed by atoms with van der Waals surface area (Å²) < 4.78 is 5.06. The third-order valence-corrected chi connectivity index (χ3v) is 2.62. The minimum absolute atomic E-state index is 0.459. The van der Waals surface area contributed by atoms with E-state index in [1.165, 1.54) is 6.33 Å². The van der Waals surface area contributed by atoms with Gasteiger partial charge in [0.1, 0.15) is 11.5 Å². The molecule has 0 fully saturated rings. The van der Waals surface area contributed by atoms with Crippen LogP contribution >= 0.6 is 11.6 Å². The van der Waals surface area contributed by atoms with Gasteiger partial charge in [-0.25, -0.2) is 15.0 Å². The molecular weight excluding hydrogens is 226 g/mol. The summed E-state index contributed by atoms with van der Waals surface area (Å²) in [4.78, 5) is 12.2. The van der Waals surface area contributed by atoms with Crippen LogP contribution in [0.1, 0.15) is 5.56 Å². The molecule has 82 valence electrons. The number of aromatic nitrogens is 3. The summed E-state index contributed by atoms with van der Waals surface area (Å²) in [6.45, 7) is 1.88. The van der Waals surface area contributed by atoms with Crippen molar-refractivity contribution in [2.45, 2.75) is 6.92 Å². The van der Waals surface area contributed by atoms with Crippen LogP contribution in [0.3, 0.4) is 0 Å². The second-order valence-corrected chi connectivity index (χ2v) is 3.58. The Balaban J connectivity index is 2.54. The highest BCUT2D eigenvalue weighted by atomic mass is 35.5. The molecule has 0 saturated carbocycles. The fourth-order valence-corrected chi connectivity index (χ4v) is 1.52. The quantitative estimate of drug-likeness (QED) is 0.751. The van der Waals surface area contributed by atoms with E-state index in [0.29, 0.717) is 11.0 Å². The molecule has 4 nitrogen and oxygen atoms in total. The second kappa shape index (κ2) is 4.45. The molecule has 0 N–H and O–H groups in total. The van der Waals surface area contributed by atoms with Crippen molar-refractivity contribution in [2.75, 3.05) is 7.11 Å². The van der Waals surface area contributed by atoms with Crippen molar-refractivity contribution < 1.29 is 4.74 Å². The van der Waals surface area contributed by atoms with Crippen LogP contribution < -0.4 is 4.74 Å². The molecule has 0 saturated heterocycles. The number of ether oxygens (including phenoxy) is 1. The van der Waals surface area contributed by atoms with Gasteiger partial charge in [0.05, 0.1) is 12.8 Å². The average molecular weight is 236 g/mol. The SMILES string of the molecule is COc1cc(-c2ncnc(Cl)c2C)ccn1.